The van der Waals surface area contributed by atoms with Gasteiger partial charge in [-0.3, -0.25) is 24.5 Å². The molecule has 0 aromatic heterocycles. The van der Waals surface area contributed by atoms with Crippen LogP contribution < -0.4 is 20.9 Å². The van der Waals surface area contributed by atoms with Gasteiger partial charge in [0, 0.05) is 12.2 Å². The highest BCUT2D eigenvalue weighted by Crippen LogP contribution is 2.31. The van der Waals surface area contributed by atoms with Crippen LogP contribution in [0, 0.1) is 0 Å². The van der Waals surface area contributed by atoms with E-state index in [1.54, 1.807) is 6.07 Å². The van der Waals surface area contributed by atoms with Crippen molar-refractivity contribution in [3.05, 3.63) is 58.7 Å². The van der Waals surface area contributed by atoms with Crippen molar-refractivity contribution in [1.29, 1.82) is 0 Å². The van der Waals surface area contributed by atoms with Gasteiger partial charge >= 0.3 is 5.97 Å². The van der Waals surface area contributed by atoms with Gasteiger partial charge in [-0.25, -0.2) is 9.69 Å². The first-order valence-corrected chi connectivity index (χ1v) is 11.0. The van der Waals surface area contributed by atoms with Gasteiger partial charge in [-0.05, 0) is 62.2 Å². The summed E-state index contributed by atoms with van der Waals surface area (Å²) in [5, 5.41) is 17.8. The second kappa shape index (κ2) is 9.44. The van der Waals surface area contributed by atoms with E-state index in [-0.39, 0.29) is 27.9 Å². The first-order valence-electron chi connectivity index (χ1n) is 11.0. The molecule has 2 aliphatic rings. The minimum absolute atomic E-state index is 0.0217. The van der Waals surface area contributed by atoms with Gasteiger partial charge in [0.25, 0.3) is 17.7 Å². The number of anilines is 2. The lowest BCUT2D eigenvalue weighted by Gasteiger charge is -2.18. The number of fused-ring (bicyclic) bond motifs is 1. The van der Waals surface area contributed by atoms with Crippen molar-refractivity contribution in [2.24, 2.45) is 0 Å². The number of benzene rings is 2. The minimum atomic E-state index is -1.21. The van der Waals surface area contributed by atoms with Gasteiger partial charge in [0.15, 0.2) is 0 Å². The summed E-state index contributed by atoms with van der Waals surface area (Å²) in [5.74, 6) is -3.60. The number of hydrogen-bond donors (Lipinski definition) is 4. The molecule has 2 heterocycles. The fourth-order valence-electron chi connectivity index (χ4n) is 4.06. The van der Waals surface area contributed by atoms with Crippen LogP contribution in [0.2, 0.25) is 0 Å². The molecule has 2 aliphatic heterocycles. The smallest absolute Gasteiger partial charge is 0.335 e. The number of carbonyl (C=O) groups is 5. The zero-order chi connectivity index (χ0) is 24.4. The molecule has 0 bridgehead atoms. The molecule has 2 aromatic carbocycles. The van der Waals surface area contributed by atoms with E-state index in [1.165, 1.54) is 24.3 Å². The summed E-state index contributed by atoms with van der Waals surface area (Å²) in [6, 6.07) is 7.75. The topological polar surface area (TPSA) is 145 Å². The molecule has 2 aromatic rings. The number of hydrogen-bond acceptors (Lipinski definition) is 7. The number of nitrogens with one attached hydrogen (secondary N) is 3. The molecule has 34 heavy (non-hydrogen) atoms. The zero-order valence-corrected chi connectivity index (χ0v) is 18.5. The second-order valence-corrected chi connectivity index (χ2v) is 8.14. The zero-order valence-electron chi connectivity index (χ0n) is 18.5. The lowest BCUT2D eigenvalue weighted by Crippen LogP contribution is -2.43. The summed E-state index contributed by atoms with van der Waals surface area (Å²) in [5.41, 5.74) is 0.657. The Hall–Kier alpha value is -4.05. The number of aromatic carboxylic acids is 1. The first-order chi connectivity index (χ1) is 16.3. The van der Waals surface area contributed by atoms with E-state index in [2.05, 4.69) is 16.0 Å². The van der Waals surface area contributed by atoms with Crippen molar-refractivity contribution in [1.82, 2.24) is 10.6 Å². The van der Waals surface area contributed by atoms with E-state index in [0.29, 0.717) is 25.2 Å². The molecule has 4 rings (SSSR count). The molecule has 1 fully saturated rings. The molecule has 0 radical (unpaired) electrons. The molecule has 0 unspecified atom stereocenters. The standard InChI is InChI=1S/C24H24N4O6/c1-2-9-25-18-8-6-14(12-17(18)20(29)27-21(30)19-4-3-10-26-19)28-22(31)15-7-5-13(24(33)34)11-16(15)23(28)32/h5-8,11-12,19,25-26H,2-4,9-10H2,1H3,(H,33,34)(H,27,29,30)/t19-/m1/s1. The van der Waals surface area contributed by atoms with Crippen LogP contribution in [-0.4, -0.2) is 53.8 Å². The van der Waals surface area contributed by atoms with Crippen LogP contribution in [-0.2, 0) is 4.79 Å². The molecule has 4 amide bonds. The molecule has 1 atom stereocenters. The van der Waals surface area contributed by atoms with E-state index in [4.69, 9.17) is 0 Å². The Morgan fingerprint density at radius 3 is 2.53 bits per heavy atom. The highest BCUT2D eigenvalue weighted by atomic mass is 16.4. The fourth-order valence-corrected chi connectivity index (χ4v) is 4.06. The summed E-state index contributed by atoms with van der Waals surface area (Å²) in [4.78, 5) is 63.6. The number of carboxylic acid groups (broad SMARTS) is 1. The van der Waals surface area contributed by atoms with Crippen LogP contribution in [0.1, 0.15) is 67.6 Å². The van der Waals surface area contributed by atoms with Gasteiger partial charge in [-0.1, -0.05) is 6.92 Å². The third kappa shape index (κ3) is 4.27. The average Bonchev–Trinajstić information content (AvgIpc) is 3.45. The molecular weight excluding hydrogens is 440 g/mol. The largest absolute Gasteiger partial charge is 0.478 e. The molecule has 10 nitrogen and oxygen atoms in total. The van der Waals surface area contributed by atoms with Crippen molar-refractivity contribution < 1.29 is 29.1 Å². The molecule has 1 saturated heterocycles. The SMILES string of the molecule is CCCNc1ccc(N2C(=O)c3ccc(C(=O)O)cc3C2=O)cc1C(=O)NC(=O)[C@H]1CCCN1. The molecule has 10 heteroatoms. The fraction of sp³-hybridized carbons (Fsp3) is 0.292. The molecule has 4 N–H and O–H groups in total. The second-order valence-electron chi connectivity index (χ2n) is 8.14. The average molecular weight is 464 g/mol. The minimum Gasteiger partial charge on any atom is -0.478 e. The van der Waals surface area contributed by atoms with Gasteiger partial charge in [0.05, 0.1) is 34.0 Å². The van der Waals surface area contributed by atoms with Gasteiger partial charge in [0.1, 0.15) is 0 Å². The van der Waals surface area contributed by atoms with Crippen LogP contribution in [0.4, 0.5) is 11.4 Å². The Bertz CT molecular complexity index is 1200. The third-order valence-electron chi connectivity index (χ3n) is 5.82. The van der Waals surface area contributed by atoms with Gasteiger partial charge in [-0.15, -0.1) is 0 Å². The van der Waals surface area contributed by atoms with E-state index < -0.39 is 35.6 Å². The van der Waals surface area contributed by atoms with Gasteiger partial charge < -0.3 is 15.7 Å². The summed E-state index contributed by atoms with van der Waals surface area (Å²) >= 11 is 0. The van der Waals surface area contributed by atoms with Crippen molar-refractivity contribution in [2.45, 2.75) is 32.2 Å². The monoisotopic (exact) mass is 464 g/mol. The lowest BCUT2D eigenvalue weighted by atomic mass is 10.1. The maximum Gasteiger partial charge on any atom is 0.335 e. The van der Waals surface area contributed by atoms with Crippen LogP contribution in [0.3, 0.4) is 0 Å². The molecule has 176 valence electrons. The van der Waals surface area contributed by atoms with Crippen LogP contribution in [0.5, 0.6) is 0 Å². The Morgan fingerprint density at radius 2 is 1.85 bits per heavy atom. The number of amides is 4. The Labute approximate surface area is 195 Å². The lowest BCUT2D eigenvalue weighted by molar-refractivity contribution is -0.121. The molecule has 0 spiro atoms. The summed E-state index contributed by atoms with van der Waals surface area (Å²) in [7, 11) is 0. The maximum absolute atomic E-state index is 13.0. The first kappa shape index (κ1) is 23.1. The number of imide groups is 2. The van der Waals surface area contributed by atoms with Crippen molar-refractivity contribution in [3.8, 4) is 0 Å². The van der Waals surface area contributed by atoms with E-state index in [9.17, 15) is 29.1 Å². The normalized spacial score (nSPS) is 17.0. The molecule has 0 saturated carbocycles. The Kier molecular flexibility index (Phi) is 6.42. The van der Waals surface area contributed by atoms with Crippen molar-refractivity contribution in [3.63, 3.8) is 0 Å². The highest BCUT2D eigenvalue weighted by molar-refractivity contribution is 6.35. The van der Waals surface area contributed by atoms with Gasteiger partial charge in [0.2, 0.25) is 5.91 Å². The Morgan fingerprint density at radius 1 is 1.09 bits per heavy atom. The van der Waals surface area contributed by atoms with Crippen LogP contribution in [0.15, 0.2) is 36.4 Å². The quantitative estimate of drug-likeness (QED) is 0.456. The summed E-state index contributed by atoms with van der Waals surface area (Å²) in [6.07, 6.45) is 2.26. The highest BCUT2D eigenvalue weighted by Gasteiger charge is 2.37. The number of carbonyl (C=O) groups excluding carboxylic acids is 4. The summed E-state index contributed by atoms with van der Waals surface area (Å²) in [6.45, 7) is 3.23. The predicted octanol–water partition coefficient (Wildman–Crippen LogP) is 2.02. The van der Waals surface area contributed by atoms with Crippen molar-refractivity contribution in [2.75, 3.05) is 23.3 Å². The van der Waals surface area contributed by atoms with Gasteiger partial charge in [-0.2, -0.15) is 0 Å². The maximum atomic E-state index is 13.0. The van der Waals surface area contributed by atoms with Crippen molar-refractivity contribution >= 4 is 41.0 Å². The summed E-state index contributed by atoms with van der Waals surface area (Å²) < 4.78 is 0. The number of nitrogens with zero attached hydrogens (tertiary/aromatic N) is 1. The number of rotatable bonds is 7. The van der Waals surface area contributed by atoms with E-state index in [1.807, 2.05) is 6.92 Å². The molecule has 0 aliphatic carbocycles. The predicted molar refractivity (Wildman–Crippen MR) is 123 cm³/mol. The third-order valence-corrected chi connectivity index (χ3v) is 5.82. The van der Waals surface area contributed by atoms with Crippen LogP contribution >= 0.6 is 0 Å². The Balaban J connectivity index is 1.66. The van der Waals surface area contributed by atoms with E-state index >= 15 is 0 Å². The van der Waals surface area contributed by atoms with E-state index in [0.717, 1.165) is 23.8 Å². The number of carboxylic acids is 1. The van der Waals surface area contributed by atoms with Crippen LogP contribution in [0.25, 0.3) is 0 Å². The molecular formula is C24H24N4O6.